The quantitative estimate of drug-likeness (QED) is 0.0651. The number of rotatable bonds is 13. The zero-order valence-electron chi connectivity index (χ0n) is 40.7. The number of nitrogens with one attached hydrogen (secondary N) is 2. The SMILES string of the molecule is COc1ccc(C#Cc2ccc3c(c2)[C@]2(C(=O)N3C(=O)N[C@H](C)c3ccccc3)[C@H](C(=O)NC[C@H](O)c3ccccc3)[C@H]3C(=O)O[C@H](c4ccccc4)[C@H](c4ccccc4)N3[C@@H]2c2ccc(OCCO)cc2)cc1. The van der Waals surface area contributed by atoms with E-state index in [1.807, 2.05) is 121 Å². The molecule has 3 heterocycles. The molecule has 1 spiro atoms. The summed E-state index contributed by atoms with van der Waals surface area (Å²) < 4.78 is 17.8. The van der Waals surface area contributed by atoms with Gasteiger partial charge in [-0.15, -0.1) is 0 Å². The molecule has 0 aromatic heterocycles. The summed E-state index contributed by atoms with van der Waals surface area (Å²) in [7, 11) is 1.58. The summed E-state index contributed by atoms with van der Waals surface area (Å²) in [5.41, 5.74) is 2.81. The third kappa shape index (κ3) is 9.15. The number of ether oxygens (including phenoxy) is 3. The van der Waals surface area contributed by atoms with Crippen LogP contribution in [0.25, 0.3) is 0 Å². The molecular weight excluding hydrogens is 933 g/mol. The van der Waals surface area contributed by atoms with Crippen LogP contribution < -0.4 is 25.0 Å². The van der Waals surface area contributed by atoms with E-state index in [4.69, 9.17) is 14.2 Å². The van der Waals surface area contributed by atoms with Gasteiger partial charge in [-0.25, -0.2) is 9.69 Å². The van der Waals surface area contributed by atoms with E-state index in [0.717, 1.165) is 16.0 Å². The zero-order valence-corrected chi connectivity index (χ0v) is 40.7. The highest BCUT2D eigenvalue weighted by Crippen LogP contribution is 2.66. The number of esters is 1. The van der Waals surface area contributed by atoms with Crippen LogP contribution in [0.2, 0.25) is 0 Å². The van der Waals surface area contributed by atoms with Crippen molar-refractivity contribution in [2.45, 2.75) is 48.7 Å². The number of anilines is 1. The Kier molecular flexibility index (Phi) is 14.1. The highest BCUT2D eigenvalue weighted by molar-refractivity contribution is 6.24. The van der Waals surface area contributed by atoms with Crippen LogP contribution in [-0.2, 0) is 24.5 Å². The smallest absolute Gasteiger partial charge is 0.329 e. The molecule has 2 saturated heterocycles. The molecule has 0 unspecified atom stereocenters. The van der Waals surface area contributed by atoms with Gasteiger partial charge in [-0.3, -0.25) is 19.3 Å². The van der Waals surface area contributed by atoms with Gasteiger partial charge in [-0.1, -0.05) is 145 Å². The first kappa shape index (κ1) is 49.1. The molecular formula is C61H54N4O9. The maximum atomic E-state index is 16.8. The number of methoxy groups -OCH3 is 1. The summed E-state index contributed by atoms with van der Waals surface area (Å²) in [4.78, 5) is 66.5. The minimum absolute atomic E-state index is 0.0241. The minimum Gasteiger partial charge on any atom is -0.497 e. The van der Waals surface area contributed by atoms with Crippen LogP contribution in [0.15, 0.2) is 188 Å². The zero-order chi connectivity index (χ0) is 51.3. The van der Waals surface area contributed by atoms with Gasteiger partial charge < -0.3 is 35.1 Å². The first-order valence-corrected chi connectivity index (χ1v) is 24.5. The van der Waals surface area contributed by atoms with E-state index in [1.165, 1.54) is 0 Å². The number of benzene rings is 7. The second-order valence-corrected chi connectivity index (χ2v) is 18.5. The number of cyclic esters (lactones) is 1. The van der Waals surface area contributed by atoms with Crippen LogP contribution in [0.4, 0.5) is 10.5 Å². The minimum atomic E-state index is -2.09. The largest absolute Gasteiger partial charge is 0.497 e. The summed E-state index contributed by atoms with van der Waals surface area (Å²) in [6.07, 6.45) is -2.11. The molecule has 0 radical (unpaired) electrons. The second-order valence-electron chi connectivity index (χ2n) is 18.5. The normalized spacial score (nSPS) is 21.6. The van der Waals surface area contributed by atoms with Gasteiger partial charge in [0.05, 0.1) is 49.6 Å². The predicted molar refractivity (Wildman–Crippen MR) is 278 cm³/mol. The highest BCUT2D eigenvalue weighted by Gasteiger charge is 2.75. The number of morpholine rings is 1. The number of fused-ring (bicyclic) bond motifs is 3. The lowest BCUT2D eigenvalue weighted by atomic mass is 9.65. The fourth-order valence-electron chi connectivity index (χ4n) is 10.9. The van der Waals surface area contributed by atoms with Crippen LogP contribution in [-0.4, -0.2) is 71.8 Å². The van der Waals surface area contributed by atoms with Crippen molar-refractivity contribution in [1.29, 1.82) is 0 Å². The molecule has 372 valence electrons. The van der Waals surface area contributed by atoms with Gasteiger partial charge in [-0.2, -0.15) is 0 Å². The lowest BCUT2D eigenvalue weighted by Gasteiger charge is -2.46. The number of urea groups is 1. The van der Waals surface area contributed by atoms with Crippen molar-refractivity contribution < 1.29 is 43.6 Å². The van der Waals surface area contributed by atoms with E-state index in [2.05, 4.69) is 22.5 Å². The Labute approximate surface area is 429 Å². The number of hydrogen-bond acceptors (Lipinski definition) is 10. The van der Waals surface area contributed by atoms with Crippen LogP contribution >= 0.6 is 0 Å². The average molecular weight is 987 g/mol. The number of carbonyl (C=O) groups is 4. The van der Waals surface area contributed by atoms with Gasteiger partial charge in [0.15, 0.2) is 0 Å². The molecule has 74 heavy (non-hydrogen) atoms. The van der Waals surface area contributed by atoms with Gasteiger partial charge in [0.1, 0.15) is 35.7 Å². The van der Waals surface area contributed by atoms with Gasteiger partial charge in [0.25, 0.3) is 0 Å². The molecule has 10 rings (SSSR count). The molecule has 4 N–H and O–H groups in total. The van der Waals surface area contributed by atoms with E-state index in [9.17, 15) is 10.2 Å². The van der Waals surface area contributed by atoms with E-state index in [-0.39, 0.29) is 31.0 Å². The average Bonchev–Trinajstić information content (AvgIpc) is 4.07. The van der Waals surface area contributed by atoms with Gasteiger partial charge in [-0.05, 0) is 94.9 Å². The van der Waals surface area contributed by atoms with Crippen molar-refractivity contribution in [3.05, 3.63) is 233 Å². The predicted octanol–water partition coefficient (Wildman–Crippen LogP) is 8.45. The fraction of sp³-hybridized carbons (Fsp3) is 0.213. The lowest BCUT2D eigenvalue weighted by molar-refractivity contribution is -0.178. The van der Waals surface area contributed by atoms with Crippen molar-refractivity contribution in [1.82, 2.24) is 15.5 Å². The Hall–Kier alpha value is -8.54. The Morgan fingerprint density at radius 3 is 1.92 bits per heavy atom. The Bertz CT molecular complexity index is 3200. The van der Waals surface area contributed by atoms with Crippen LogP contribution in [0.5, 0.6) is 11.5 Å². The Morgan fingerprint density at radius 1 is 0.703 bits per heavy atom. The summed E-state index contributed by atoms with van der Waals surface area (Å²) in [6, 6.07) is 51.7. The maximum Gasteiger partial charge on any atom is 0.329 e. The van der Waals surface area contributed by atoms with Crippen molar-refractivity contribution in [2.24, 2.45) is 5.92 Å². The number of hydrogen-bond donors (Lipinski definition) is 4. The third-order valence-electron chi connectivity index (χ3n) is 14.2. The molecule has 2 fully saturated rings. The summed E-state index contributed by atoms with van der Waals surface area (Å²) >= 11 is 0. The van der Waals surface area contributed by atoms with Crippen molar-refractivity contribution in [2.75, 3.05) is 31.8 Å². The highest BCUT2D eigenvalue weighted by atomic mass is 16.6. The molecule has 0 bridgehead atoms. The second kappa shape index (κ2) is 21.3. The summed E-state index contributed by atoms with van der Waals surface area (Å²) in [5, 5.41) is 27.2. The van der Waals surface area contributed by atoms with Gasteiger partial charge in [0, 0.05) is 17.7 Å². The van der Waals surface area contributed by atoms with Crippen molar-refractivity contribution in [3.8, 4) is 23.3 Å². The number of imide groups is 1. The van der Waals surface area contributed by atoms with E-state index >= 15 is 19.2 Å². The van der Waals surface area contributed by atoms with Gasteiger partial charge in [0.2, 0.25) is 11.8 Å². The van der Waals surface area contributed by atoms with E-state index in [0.29, 0.717) is 39.3 Å². The molecule has 8 atom stereocenters. The monoisotopic (exact) mass is 986 g/mol. The molecule has 4 amide bonds. The van der Waals surface area contributed by atoms with Gasteiger partial charge >= 0.3 is 12.0 Å². The standard InChI is InChI=1S/C61H54N4O9/c1-39(42-15-7-3-8-16-42)63-60(71)64-50-34-27-41(24-23-40-25-30-47(72-2)31-26-40)37-49(50)61(59(64)70)52(57(68)62-38-51(67)43-17-9-4-10-18-43)54-58(69)74-55(45-21-13-6-14-22-45)53(44-19-11-5-12-20-44)65(54)56(61)46-28-32-48(33-29-46)73-36-35-66/h3-22,25-34,37,39,51-56,66-67H,35-36,38H2,1-2H3,(H,62,68)(H,63,71)/t39-,51+,52+,53+,54+,55-,56-,61+/m1/s1. The van der Waals surface area contributed by atoms with Crippen LogP contribution in [0.3, 0.4) is 0 Å². The molecule has 0 aliphatic carbocycles. The topological polar surface area (TPSA) is 167 Å². The lowest BCUT2D eigenvalue weighted by Crippen LogP contribution is -2.56. The first-order chi connectivity index (χ1) is 36.1. The molecule has 3 aliphatic heterocycles. The van der Waals surface area contributed by atoms with Crippen LogP contribution in [0, 0.1) is 17.8 Å². The molecule has 7 aromatic rings. The molecule has 0 saturated carbocycles. The number of aliphatic hydroxyl groups excluding tert-OH is 2. The number of amides is 4. The maximum absolute atomic E-state index is 16.8. The number of aliphatic hydroxyl groups is 2. The summed E-state index contributed by atoms with van der Waals surface area (Å²) in [6.45, 7) is 1.34. The third-order valence-corrected chi connectivity index (χ3v) is 14.2. The summed E-state index contributed by atoms with van der Waals surface area (Å²) in [5.74, 6) is 3.74. The first-order valence-electron chi connectivity index (χ1n) is 24.5. The molecule has 13 nitrogen and oxygen atoms in total. The molecule has 7 aromatic carbocycles. The van der Waals surface area contributed by atoms with Crippen LogP contribution in [0.1, 0.15) is 81.8 Å². The molecule has 3 aliphatic rings. The van der Waals surface area contributed by atoms with Crippen molar-refractivity contribution in [3.63, 3.8) is 0 Å². The van der Waals surface area contributed by atoms with E-state index in [1.54, 1.807) is 86.0 Å². The fourth-order valence-corrected chi connectivity index (χ4v) is 10.9. The Morgan fingerprint density at radius 2 is 1.28 bits per heavy atom. The number of carbonyl (C=O) groups excluding carboxylic acids is 4. The van der Waals surface area contributed by atoms with E-state index < -0.39 is 71.5 Å². The molecule has 13 heteroatoms. The number of nitrogens with zero attached hydrogens (tertiary/aromatic N) is 2. The Balaban J connectivity index is 1.24. The van der Waals surface area contributed by atoms with Crippen molar-refractivity contribution >= 4 is 29.5 Å².